The van der Waals surface area contributed by atoms with Gasteiger partial charge in [-0.25, -0.2) is 0 Å². The van der Waals surface area contributed by atoms with Crippen LogP contribution in [0, 0.1) is 0 Å². The predicted octanol–water partition coefficient (Wildman–Crippen LogP) is 12.8. The molecule has 0 bridgehead atoms. The second kappa shape index (κ2) is 44.3. The summed E-state index contributed by atoms with van der Waals surface area (Å²) in [5, 5.41) is 0. The second-order valence-electron chi connectivity index (χ2n) is 15.8. The summed E-state index contributed by atoms with van der Waals surface area (Å²) in [5.74, 6) is -1.13. The molecule has 0 spiro atoms. The third-order valence-corrected chi connectivity index (χ3v) is 10.4. The molecule has 0 radical (unpaired) electrons. The Morgan fingerprint density at radius 2 is 0.931 bits per heavy atom. The SMILES string of the molecule is CCCCC/C=C\C/C=C\CCCCCCCC(=O)OCC(COC(=O)CCC(OCCCCCCCC)OCCCCCCCC)OC(=O)CCCN(CC)CC. The summed E-state index contributed by atoms with van der Waals surface area (Å²) in [6.07, 6.45) is 35.8. The summed E-state index contributed by atoms with van der Waals surface area (Å²) in [4.78, 5) is 40.6. The van der Waals surface area contributed by atoms with Gasteiger partial charge in [0.25, 0.3) is 0 Å². The molecule has 0 heterocycles. The van der Waals surface area contributed by atoms with Crippen molar-refractivity contribution in [1.82, 2.24) is 4.90 Å². The highest BCUT2D eigenvalue weighted by molar-refractivity contribution is 5.71. The number of unbranched alkanes of at least 4 members (excludes halogenated alkanes) is 18. The number of allylic oxidation sites excluding steroid dienone is 4. The molecule has 9 heteroatoms. The number of carbonyl (C=O) groups excluding carboxylic acids is 3. The first-order valence-corrected chi connectivity index (χ1v) is 24.2. The maximum absolute atomic E-state index is 12.9. The molecule has 58 heavy (non-hydrogen) atoms. The summed E-state index contributed by atoms with van der Waals surface area (Å²) in [6, 6.07) is 0. The van der Waals surface area contributed by atoms with E-state index in [4.69, 9.17) is 23.7 Å². The molecule has 9 nitrogen and oxygen atoms in total. The second-order valence-corrected chi connectivity index (χ2v) is 15.8. The zero-order chi connectivity index (χ0) is 42.6. The van der Waals surface area contributed by atoms with Crippen molar-refractivity contribution >= 4 is 17.9 Å². The van der Waals surface area contributed by atoms with Crippen molar-refractivity contribution in [2.45, 2.75) is 227 Å². The first-order chi connectivity index (χ1) is 28.4. The van der Waals surface area contributed by atoms with Gasteiger partial charge in [0.1, 0.15) is 13.2 Å². The van der Waals surface area contributed by atoms with E-state index in [1.807, 2.05) is 0 Å². The van der Waals surface area contributed by atoms with Crippen LogP contribution >= 0.6 is 0 Å². The molecule has 0 saturated carbocycles. The minimum atomic E-state index is -0.859. The van der Waals surface area contributed by atoms with Crippen LogP contribution in [-0.4, -0.2) is 81.3 Å². The van der Waals surface area contributed by atoms with Gasteiger partial charge in [-0.3, -0.25) is 14.4 Å². The van der Waals surface area contributed by atoms with Gasteiger partial charge in [-0.1, -0.05) is 155 Å². The van der Waals surface area contributed by atoms with Crippen LogP contribution in [0.4, 0.5) is 0 Å². The number of nitrogens with zero attached hydrogens (tertiary/aromatic N) is 1. The molecule has 340 valence electrons. The third-order valence-electron chi connectivity index (χ3n) is 10.4. The normalized spacial score (nSPS) is 12.3. The summed E-state index contributed by atoms with van der Waals surface area (Å²) in [6.45, 7) is 14.4. The fraction of sp³-hybridized carbons (Fsp3) is 0.857. The molecule has 0 aromatic carbocycles. The average Bonchev–Trinajstić information content (AvgIpc) is 3.22. The Labute approximate surface area is 357 Å². The molecule has 0 aliphatic rings. The van der Waals surface area contributed by atoms with Crippen molar-refractivity contribution < 1.29 is 38.1 Å². The summed E-state index contributed by atoms with van der Waals surface area (Å²) < 4.78 is 29.0. The topological polar surface area (TPSA) is 101 Å². The molecule has 0 amide bonds. The predicted molar refractivity (Wildman–Crippen MR) is 240 cm³/mol. The first kappa shape index (κ1) is 55.8. The fourth-order valence-corrected chi connectivity index (χ4v) is 6.59. The van der Waals surface area contributed by atoms with Crippen LogP contribution in [-0.2, 0) is 38.1 Å². The van der Waals surface area contributed by atoms with Crippen molar-refractivity contribution in [3.63, 3.8) is 0 Å². The standard InChI is InChI=1S/C49H91NO8/c1-6-11-14-17-20-21-22-23-24-25-26-27-28-29-32-36-46(51)56-43-45(58-48(53)37-35-40-50(9-4)10-5)44-57-47(52)38-39-49(54-41-33-30-18-15-12-7-2)55-42-34-31-19-16-13-8-3/h20-21,23-24,45,49H,6-19,22,25-44H2,1-5H3/b21-20-,24-23-. The summed E-state index contributed by atoms with van der Waals surface area (Å²) >= 11 is 0. The quantitative estimate of drug-likeness (QED) is 0.0195. The molecule has 0 saturated heterocycles. The van der Waals surface area contributed by atoms with Crippen LogP contribution < -0.4 is 0 Å². The molecule has 0 aliphatic heterocycles. The van der Waals surface area contributed by atoms with Gasteiger partial charge in [0.15, 0.2) is 12.4 Å². The molecule has 0 aliphatic carbocycles. The Balaban J connectivity index is 4.81. The minimum absolute atomic E-state index is 0.120. The summed E-state index contributed by atoms with van der Waals surface area (Å²) in [5.41, 5.74) is 0. The highest BCUT2D eigenvalue weighted by Crippen LogP contribution is 2.14. The smallest absolute Gasteiger partial charge is 0.306 e. The van der Waals surface area contributed by atoms with Gasteiger partial charge < -0.3 is 28.6 Å². The lowest BCUT2D eigenvalue weighted by Gasteiger charge is -2.20. The van der Waals surface area contributed by atoms with Crippen LogP contribution in [0.2, 0.25) is 0 Å². The average molecular weight is 822 g/mol. The lowest BCUT2D eigenvalue weighted by molar-refractivity contribution is -0.169. The van der Waals surface area contributed by atoms with Gasteiger partial charge in [0, 0.05) is 32.5 Å². The molecular weight excluding hydrogens is 731 g/mol. The molecule has 1 unspecified atom stereocenters. The maximum atomic E-state index is 12.9. The Bertz CT molecular complexity index is 964. The molecule has 0 aromatic rings. The van der Waals surface area contributed by atoms with Gasteiger partial charge >= 0.3 is 17.9 Å². The largest absolute Gasteiger partial charge is 0.462 e. The fourth-order valence-electron chi connectivity index (χ4n) is 6.59. The zero-order valence-corrected chi connectivity index (χ0v) is 38.4. The minimum Gasteiger partial charge on any atom is -0.462 e. The highest BCUT2D eigenvalue weighted by atomic mass is 16.7. The van der Waals surface area contributed by atoms with E-state index in [9.17, 15) is 14.4 Å². The molecule has 1 atom stereocenters. The maximum Gasteiger partial charge on any atom is 0.306 e. The van der Waals surface area contributed by atoms with Gasteiger partial charge in [-0.15, -0.1) is 0 Å². The Hall–Kier alpha value is -2.23. The monoisotopic (exact) mass is 822 g/mol. The van der Waals surface area contributed by atoms with E-state index < -0.39 is 18.4 Å². The third kappa shape index (κ3) is 39.2. The highest BCUT2D eigenvalue weighted by Gasteiger charge is 2.21. The molecule has 0 rings (SSSR count). The van der Waals surface area contributed by atoms with Crippen molar-refractivity contribution in [2.24, 2.45) is 0 Å². The van der Waals surface area contributed by atoms with Gasteiger partial charge in [0.05, 0.1) is 6.42 Å². The Kier molecular flexibility index (Phi) is 42.6. The van der Waals surface area contributed by atoms with E-state index in [2.05, 4.69) is 63.8 Å². The van der Waals surface area contributed by atoms with Gasteiger partial charge in [0.2, 0.25) is 0 Å². The van der Waals surface area contributed by atoms with Crippen molar-refractivity contribution in [3.8, 4) is 0 Å². The Morgan fingerprint density at radius 1 is 0.483 bits per heavy atom. The number of esters is 3. The number of rotatable bonds is 44. The van der Waals surface area contributed by atoms with E-state index in [-0.39, 0.29) is 38.0 Å². The molecular formula is C49H91NO8. The molecule has 0 N–H and O–H groups in total. The van der Waals surface area contributed by atoms with E-state index in [1.54, 1.807) is 0 Å². The summed E-state index contributed by atoms with van der Waals surface area (Å²) in [7, 11) is 0. The Morgan fingerprint density at radius 3 is 1.48 bits per heavy atom. The van der Waals surface area contributed by atoms with E-state index in [0.29, 0.717) is 32.5 Å². The van der Waals surface area contributed by atoms with E-state index in [1.165, 1.54) is 77.0 Å². The zero-order valence-electron chi connectivity index (χ0n) is 38.4. The number of hydrogen-bond acceptors (Lipinski definition) is 9. The van der Waals surface area contributed by atoms with E-state index in [0.717, 1.165) is 90.3 Å². The van der Waals surface area contributed by atoms with Crippen molar-refractivity contribution in [1.29, 1.82) is 0 Å². The lowest BCUT2D eigenvalue weighted by Crippen LogP contribution is -2.31. The van der Waals surface area contributed by atoms with Crippen LogP contribution in [0.1, 0.15) is 214 Å². The lowest BCUT2D eigenvalue weighted by atomic mass is 10.1. The molecule has 0 fully saturated rings. The first-order valence-electron chi connectivity index (χ1n) is 24.2. The van der Waals surface area contributed by atoms with Crippen LogP contribution in [0.5, 0.6) is 0 Å². The van der Waals surface area contributed by atoms with Crippen LogP contribution in [0.15, 0.2) is 24.3 Å². The van der Waals surface area contributed by atoms with E-state index >= 15 is 0 Å². The number of hydrogen-bond donors (Lipinski definition) is 0. The van der Waals surface area contributed by atoms with Crippen molar-refractivity contribution in [2.75, 3.05) is 46.1 Å². The van der Waals surface area contributed by atoms with Crippen LogP contribution in [0.25, 0.3) is 0 Å². The van der Waals surface area contributed by atoms with Gasteiger partial charge in [-0.05, 0) is 77.4 Å². The van der Waals surface area contributed by atoms with Crippen LogP contribution in [0.3, 0.4) is 0 Å². The molecule has 0 aromatic heterocycles. The van der Waals surface area contributed by atoms with Gasteiger partial charge in [-0.2, -0.15) is 0 Å². The number of ether oxygens (including phenoxy) is 5. The number of carbonyl (C=O) groups is 3. The van der Waals surface area contributed by atoms with Crippen molar-refractivity contribution in [3.05, 3.63) is 24.3 Å².